The maximum Gasteiger partial charge on any atom is 0.221 e. The van der Waals surface area contributed by atoms with Crippen LogP contribution in [-0.2, 0) is 4.79 Å². The highest BCUT2D eigenvalue weighted by molar-refractivity contribution is 6.15. The molecule has 4 N–H and O–H groups in total. The van der Waals surface area contributed by atoms with Gasteiger partial charge in [0.25, 0.3) is 0 Å². The molecule has 2 aliphatic rings. The first-order valence-electron chi connectivity index (χ1n) is 10.6. The number of hydrazone groups is 1. The van der Waals surface area contributed by atoms with Gasteiger partial charge in [-0.05, 0) is 36.8 Å². The lowest BCUT2D eigenvalue weighted by Crippen LogP contribution is -2.38. The van der Waals surface area contributed by atoms with Crippen LogP contribution in [0, 0.1) is 18.3 Å². The zero-order valence-electron chi connectivity index (χ0n) is 18.7. The van der Waals surface area contributed by atoms with E-state index in [-0.39, 0.29) is 19.1 Å². The highest BCUT2D eigenvalue weighted by Crippen LogP contribution is 2.25. The van der Waals surface area contributed by atoms with Crippen LogP contribution in [0.3, 0.4) is 0 Å². The zero-order valence-corrected chi connectivity index (χ0v) is 18.7. The molecule has 1 atom stereocenters. The zero-order chi connectivity index (χ0) is 24.1. The van der Waals surface area contributed by atoms with Crippen molar-refractivity contribution in [1.29, 1.82) is 5.26 Å². The molecule has 1 amide bonds. The van der Waals surface area contributed by atoms with E-state index in [1.807, 2.05) is 25.1 Å². The number of fused-ring (bicyclic) bond motifs is 1. The smallest absolute Gasteiger partial charge is 0.221 e. The molecule has 1 unspecified atom stereocenters. The number of nitrogens with one attached hydrogen (secondary N) is 3. The number of pyridine rings is 1. The normalized spacial score (nSPS) is 16.5. The standard InChI is InChI=1S/C23H24N8O3/c1-14-3-4-16(9-19(14)27-15(2)33)28-22-10-20(23-26-12-17(11-24)31(23)30-22)29-21-6-5-18(13-25-21)34-8-7-32/h3-6,9-10,13,17,32H,7-8,12H2,1-2H3,(H,25,29)(H,27,33)(H,28,30). The number of carbonyl (C=O) groups excluding carboxylic acids is 1. The minimum Gasteiger partial charge on any atom is -0.490 e. The molecule has 1 aromatic carbocycles. The molecule has 0 aliphatic carbocycles. The molecule has 174 valence electrons. The topological polar surface area (TPSA) is 147 Å². The van der Waals surface area contributed by atoms with Gasteiger partial charge in [-0.2, -0.15) is 10.4 Å². The van der Waals surface area contributed by atoms with Crippen LogP contribution < -0.4 is 20.7 Å². The molecule has 0 fully saturated rings. The van der Waals surface area contributed by atoms with E-state index >= 15 is 0 Å². The number of aliphatic hydroxyl groups excluding tert-OH is 1. The SMILES string of the molecule is CC(=O)Nc1cc(NC2=NN3C(=NCC3C#N)C(Nc3ccc(OCCO)cn3)=C2)ccc1C. The fourth-order valence-corrected chi connectivity index (χ4v) is 3.40. The molecule has 34 heavy (non-hydrogen) atoms. The van der Waals surface area contributed by atoms with Crippen LogP contribution in [0.5, 0.6) is 5.75 Å². The Morgan fingerprint density at radius 3 is 2.88 bits per heavy atom. The molecule has 0 saturated carbocycles. The van der Waals surface area contributed by atoms with E-state index in [2.05, 4.69) is 37.1 Å². The molecule has 2 aliphatic heterocycles. The van der Waals surface area contributed by atoms with E-state index < -0.39 is 6.04 Å². The van der Waals surface area contributed by atoms with Crippen molar-refractivity contribution in [2.45, 2.75) is 19.9 Å². The van der Waals surface area contributed by atoms with E-state index in [0.717, 1.165) is 11.3 Å². The second-order valence-electron chi connectivity index (χ2n) is 7.61. The molecule has 4 rings (SSSR count). The van der Waals surface area contributed by atoms with Crippen molar-refractivity contribution in [3.8, 4) is 11.8 Å². The van der Waals surface area contributed by atoms with Crippen LogP contribution >= 0.6 is 0 Å². The number of nitriles is 1. The van der Waals surface area contributed by atoms with Gasteiger partial charge in [-0.3, -0.25) is 9.79 Å². The van der Waals surface area contributed by atoms with Crippen LogP contribution in [0.15, 0.2) is 58.4 Å². The fraction of sp³-hybridized carbons (Fsp3) is 0.261. The van der Waals surface area contributed by atoms with E-state index in [1.54, 1.807) is 29.4 Å². The Morgan fingerprint density at radius 2 is 2.18 bits per heavy atom. The van der Waals surface area contributed by atoms with Crippen LogP contribution in [-0.4, -0.2) is 58.5 Å². The lowest BCUT2D eigenvalue weighted by molar-refractivity contribution is -0.114. The monoisotopic (exact) mass is 460 g/mol. The van der Waals surface area contributed by atoms with E-state index in [9.17, 15) is 10.1 Å². The summed E-state index contributed by atoms with van der Waals surface area (Å²) >= 11 is 0. The van der Waals surface area contributed by atoms with Crippen molar-refractivity contribution >= 4 is 34.8 Å². The Hall–Kier alpha value is -4.43. The van der Waals surface area contributed by atoms with Crippen molar-refractivity contribution in [1.82, 2.24) is 9.99 Å². The fourth-order valence-electron chi connectivity index (χ4n) is 3.40. The number of rotatable bonds is 7. The van der Waals surface area contributed by atoms with Gasteiger partial charge in [0.1, 0.15) is 18.2 Å². The first-order chi connectivity index (χ1) is 16.5. The predicted octanol–water partition coefficient (Wildman–Crippen LogP) is 2.06. The van der Waals surface area contributed by atoms with Gasteiger partial charge in [-0.15, -0.1) is 0 Å². The summed E-state index contributed by atoms with van der Waals surface area (Å²) in [5.74, 6) is 1.97. The number of hydrogen-bond acceptors (Lipinski definition) is 10. The molecule has 0 spiro atoms. The first-order valence-corrected chi connectivity index (χ1v) is 10.6. The van der Waals surface area contributed by atoms with Gasteiger partial charge in [-0.25, -0.2) is 9.99 Å². The number of aromatic nitrogens is 1. The third kappa shape index (κ3) is 5.13. The minimum atomic E-state index is -0.521. The molecule has 11 heteroatoms. The lowest BCUT2D eigenvalue weighted by Gasteiger charge is -2.25. The number of carbonyl (C=O) groups is 1. The maximum atomic E-state index is 11.5. The summed E-state index contributed by atoms with van der Waals surface area (Å²) in [5.41, 5.74) is 2.98. The van der Waals surface area contributed by atoms with Crippen molar-refractivity contribution in [3.63, 3.8) is 0 Å². The predicted molar refractivity (Wildman–Crippen MR) is 129 cm³/mol. The van der Waals surface area contributed by atoms with Gasteiger partial charge in [-0.1, -0.05) is 6.07 Å². The third-order valence-corrected chi connectivity index (χ3v) is 4.99. The molecule has 0 saturated heterocycles. The Balaban J connectivity index is 1.58. The number of amides is 1. The highest BCUT2D eigenvalue weighted by Gasteiger charge is 2.33. The minimum absolute atomic E-state index is 0.0784. The number of ether oxygens (including phenoxy) is 1. The number of aryl methyl sites for hydroxylation is 1. The number of hydrogen-bond donors (Lipinski definition) is 4. The average Bonchev–Trinajstić information content (AvgIpc) is 3.24. The van der Waals surface area contributed by atoms with Gasteiger partial charge in [0, 0.05) is 24.4 Å². The van der Waals surface area contributed by atoms with Crippen molar-refractivity contribution in [2.75, 3.05) is 35.7 Å². The van der Waals surface area contributed by atoms with E-state index in [0.29, 0.717) is 41.2 Å². The van der Waals surface area contributed by atoms with Crippen LogP contribution in [0.25, 0.3) is 0 Å². The Morgan fingerprint density at radius 1 is 1.32 bits per heavy atom. The van der Waals surface area contributed by atoms with Gasteiger partial charge in [0.2, 0.25) is 5.91 Å². The van der Waals surface area contributed by atoms with Crippen molar-refractivity contribution < 1.29 is 14.6 Å². The average molecular weight is 460 g/mol. The van der Waals surface area contributed by atoms with E-state index in [4.69, 9.17) is 9.84 Å². The number of amidine groups is 2. The lowest BCUT2D eigenvalue weighted by atomic mass is 10.1. The summed E-state index contributed by atoms with van der Waals surface area (Å²) < 4.78 is 5.35. The van der Waals surface area contributed by atoms with Crippen LogP contribution in [0.1, 0.15) is 12.5 Å². The summed E-state index contributed by atoms with van der Waals surface area (Å²) in [5, 5.41) is 33.8. The van der Waals surface area contributed by atoms with Gasteiger partial charge in [0.15, 0.2) is 17.7 Å². The van der Waals surface area contributed by atoms with Gasteiger partial charge >= 0.3 is 0 Å². The summed E-state index contributed by atoms with van der Waals surface area (Å²) in [6.45, 7) is 3.79. The van der Waals surface area contributed by atoms with E-state index in [1.165, 1.54) is 6.92 Å². The molecule has 3 heterocycles. The number of aliphatic hydroxyl groups is 1. The molecule has 2 aromatic rings. The Bertz CT molecular complexity index is 1210. The molecular formula is C23H24N8O3. The summed E-state index contributed by atoms with van der Waals surface area (Å²) in [6, 6.07) is 10.8. The third-order valence-electron chi connectivity index (χ3n) is 4.99. The van der Waals surface area contributed by atoms with Crippen molar-refractivity contribution in [3.05, 3.63) is 53.9 Å². The van der Waals surface area contributed by atoms with Crippen LogP contribution in [0.4, 0.5) is 17.2 Å². The molecule has 0 radical (unpaired) electrons. The number of nitrogens with zero attached hydrogens (tertiary/aromatic N) is 5. The Labute approximate surface area is 196 Å². The largest absolute Gasteiger partial charge is 0.490 e. The second-order valence-corrected chi connectivity index (χ2v) is 7.61. The molecular weight excluding hydrogens is 436 g/mol. The Kier molecular flexibility index (Phi) is 6.70. The highest BCUT2D eigenvalue weighted by atomic mass is 16.5. The summed E-state index contributed by atoms with van der Waals surface area (Å²) in [4.78, 5) is 20.3. The summed E-state index contributed by atoms with van der Waals surface area (Å²) in [6.07, 6.45) is 3.33. The summed E-state index contributed by atoms with van der Waals surface area (Å²) in [7, 11) is 0. The van der Waals surface area contributed by atoms with Crippen LogP contribution in [0.2, 0.25) is 0 Å². The molecule has 11 nitrogen and oxygen atoms in total. The second kappa shape index (κ2) is 10.0. The molecule has 1 aromatic heterocycles. The first kappa shape index (κ1) is 22.8. The maximum absolute atomic E-state index is 11.5. The quantitative estimate of drug-likeness (QED) is 0.491. The number of anilines is 3. The molecule has 0 bridgehead atoms. The van der Waals surface area contributed by atoms with Crippen molar-refractivity contribution in [2.24, 2.45) is 10.1 Å². The van der Waals surface area contributed by atoms with Gasteiger partial charge < -0.3 is 25.8 Å². The number of benzene rings is 1. The van der Waals surface area contributed by atoms with Gasteiger partial charge in [0.05, 0.1) is 31.1 Å². The number of aliphatic imine (C=N–C) groups is 1.